The molecule has 0 radical (unpaired) electrons. The van der Waals surface area contributed by atoms with E-state index in [1.54, 1.807) is 0 Å². The van der Waals surface area contributed by atoms with Crippen LogP contribution in [0.3, 0.4) is 0 Å². The molecule has 3 heterocycles. The molecule has 31 heavy (non-hydrogen) atoms. The van der Waals surface area contributed by atoms with Crippen LogP contribution in [0.2, 0.25) is 0 Å². The summed E-state index contributed by atoms with van der Waals surface area (Å²) in [6.07, 6.45) is 4.54. The summed E-state index contributed by atoms with van der Waals surface area (Å²) in [7, 11) is 0. The molecule has 2 saturated heterocycles. The average Bonchev–Trinajstić information content (AvgIpc) is 3.27. The van der Waals surface area contributed by atoms with Crippen LogP contribution < -0.4 is 0 Å². The number of thioether (sulfide) groups is 1. The Morgan fingerprint density at radius 3 is 2.68 bits per heavy atom. The van der Waals surface area contributed by atoms with Gasteiger partial charge in [-0.05, 0) is 24.0 Å². The lowest BCUT2D eigenvalue weighted by molar-refractivity contribution is -0.145. The minimum atomic E-state index is -0.909. The number of benzene rings is 1. The third-order valence-corrected chi connectivity index (χ3v) is 6.72. The zero-order chi connectivity index (χ0) is 21.5. The van der Waals surface area contributed by atoms with Crippen molar-refractivity contribution in [2.45, 2.75) is 31.5 Å². The summed E-state index contributed by atoms with van der Waals surface area (Å²) < 4.78 is 5.41. The second-order valence-corrected chi connectivity index (χ2v) is 9.33. The van der Waals surface area contributed by atoms with Crippen LogP contribution in [0.4, 0.5) is 0 Å². The van der Waals surface area contributed by atoms with Gasteiger partial charge in [0.05, 0.1) is 18.0 Å². The van der Waals surface area contributed by atoms with Gasteiger partial charge >= 0.3 is 5.97 Å². The monoisotopic (exact) mass is 446 g/mol. The largest absolute Gasteiger partial charge is 0.480 e. The van der Waals surface area contributed by atoms with E-state index in [1.165, 1.54) is 0 Å². The van der Waals surface area contributed by atoms with Gasteiger partial charge in [-0.15, -0.1) is 0 Å². The topological polar surface area (TPSA) is 87.0 Å². The quantitative estimate of drug-likeness (QED) is 0.612. The third kappa shape index (κ3) is 6.69. The van der Waals surface area contributed by atoms with Gasteiger partial charge in [-0.25, -0.2) is 4.79 Å². The fraction of sp³-hybridized carbons (Fsp3) is 0.591. The second kappa shape index (κ2) is 11.0. The number of hydrazone groups is 1. The molecule has 0 spiro atoms. The maximum absolute atomic E-state index is 10.6. The second-order valence-electron chi connectivity index (χ2n) is 8.11. The predicted molar refractivity (Wildman–Crippen MR) is 122 cm³/mol. The van der Waals surface area contributed by atoms with Crippen molar-refractivity contribution < 1.29 is 19.5 Å². The molecule has 1 aromatic rings. The number of aliphatic carboxylic acids is 1. The number of carboxylic acid groups (broad SMARTS) is 1. The summed E-state index contributed by atoms with van der Waals surface area (Å²) in [5.41, 5.74) is 3.17. The summed E-state index contributed by atoms with van der Waals surface area (Å²) in [5.74, 6) is 1.38. The number of hydrogen-bond acceptors (Lipinski definition) is 8. The maximum atomic E-state index is 10.6. The van der Waals surface area contributed by atoms with Gasteiger partial charge in [0.25, 0.3) is 0 Å². The Kier molecular flexibility index (Phi) is 7.82. The fourth-order valence-electron chi connectivity index (χ4n) is 4.01. The lowest BCUT2D eigenvalue weighted by Gasteiger charge is -2.32. The molecule has 0 saturated carbocycles. The molecule has 0 aromatic heterocycles. The molecule has 1 N–H and O–H groups in total. The first-order valence-corrected chi connectivity index (χ1v) is 12.1. The molecule has 1 aromatic carbocycles. The highest BCUT2D eigenvalue weighted by molar-refractivity contribution is 7.99. The lowest BCUT2D eigenvalue weighted by atomic mass is 10.0. The average molecular weight is 447 g/mol. The minimum Gasteiger partial charge on any atom is -0.480 e. The van der Waals surface area contributed by atoms with Crippen LogP contribution in [0.5, 0.6) is 0 Å². The van der Waals surface area contributed by atoms with Gasteiger partial charge in [0.1, 0.15) is 12.7 Å². The van der Waals surface area contributed by atoms with E-state index < -0.39 is 5.97 Å². The highest BCUT2D eigenvalue weighted by Gasteiger charge is 2.27. The zero-order valence-electron chi connectivity index (χ0n) is 17.7. The number of oxime groups is 1. The highest BCUT2D eigenvalue weighted by atomic mass is 32.2. The number of hydrogen-bond donors (Lipinski definition) is 1. The number of nitrogens with zero attached hydrogens (tertiary/aromatic N) is 4. The van der Waals surface area contributed by atoms with E-state index in [9.17, 15) is 4.79 Å². The molecular weight excluding hydrogens is 416 g/mol. The summed E-state index contributed by atoms with van der Waals surface area (Å²) in [5, 5.41) is 19.8. The van der Waals surface area contributed by atoms with Gasteiger partial charge in [-0.2, -0.15) is 16.9 Å². The van der Waals surface area contributed by atoms with Crippen molar-refractivity contribution in [3.8, 4) is 0 Å². The molecule has 4 rings (SSSR count). The van der Waals surface area contributed by atoms with Crippen LogP contribution in [-0.2, 0) is 14.4 Å². The molecule has 0 bridgehead atoms. The van der Waals surface area contributed by atoms with Crippen LogP contribution in [0.25, 0.3) is 0 Å². The molecular formula is C22H30N4O4S. The summed E-state index contributed by atoms with van der Waals surface area (Å²) >= 11 is 1.98. The first-order chi connectivity index (χ1) is 15.2. The van der Waals surface area contributed by atoms with E-state index in [4.69, 9.17) is 14.7 Å². The number of likely N-dealkylation sites (tertiary alicyclic amines) is 1. The Balaban J connectivity index is 1.20. The van der Waals surface area contributed by atoms with Gasteiger partial charge in [0, 0.05) is 50.7 Å². The van der Waals surface area contributed by atoms with Gasteiger partial charge in [-0.1, -0.05) is 29.4 Å². The number of piperidine rings is 1. The number of rotatable bonds is 8. The molecule has 9 heteroatoms. The van der Waals surface area contributed by atoms with Crippen molar-refractivity contribution in [3.63, 3.8) is 0 Å². The van der Waals surface area contributed by atoms with Gasteiger partial charge in [-0.3, -0.25) is 9.91 Å². The van der Waals surface area contributed by atoms with E-state index >= 15 is 0 Å². The first-order valence-electron chi connectivity index (χ1n) is 10.9. The Morgan fingerprint density at radius 1 is 1.23 bits per heavy atom. The van der Waals surface area contributed by atoms with Crippen LogP contribution in [0, 0.1) is 0 Å². The van der Waals surface area contributed by atoms with E-state index in [2.05, 4.69) is 44.4 Å². The van der Waals surface area contributed by atoms with Crippen molar-refractivity contribution in [2.24, 2.45) is 10.3 Å². The van der Waals surface area contributed by atoms with E-state index in [-0.39, 0.29) is 18.8 Å². The molecule has 0 amide bonds. The molecule has 3 aliphatic heterocycles. The van der Waals surface area contributed by atoms with Gasteiger partial charge < -0.3 is 14.7 Å². The number of carbonyl (C=O) groups is 1. The Morgan fingerprint density at radius 2 is 1.97 bits per heavy atom. The van der Waals surface area contributed by atoms with E-state index in [0.717, 1.165) is 80.3 Å². The molecule has 168 valence electrons. The van der Waals surface area contributed by atoms with Crippen molar-refractivity contribution in [3.05, 3.63) is 35.4 Å². The minimum absolute atomic E-state index is 0.0412. The Hall–Kier alpha value is -2.10. The number of carboxylic acids is 1. The maximum Gasteiger partial charge on any atom is 0.329 e. The highest BCUT2D eigenvalue weighted by Crippen LogP contribution is 2.21. The molecule has 0 aliphatic carbocycles. The summed E-state index contributed by atoms with van der Waals surface area (Å²) in [6.45, 7) is 4.43. The first kappa shape index (κ1) is 22.1. The smallest absolute Gasteiger partial charge is 0.329 e. The van der Waals surface area contributed by atoms with Crippen LogP contribution in [0.15, 0.2) is 34.5 Å². The SMILES string of the molecule is O=C(O)COC1CCN(CC2CC(c3ccc(/C=N/N4CCSCC4)cc3)=NO2)CC1. The third-order valence-electron chi connectivity index (χ3n) is 5.77. The van der Waals surface area contributed by atoms with Crippen LogP contribution >= 0.6 is 11.8 Å². The summed E-state index contributed by atoms with van der Waals surface area (Å²) in [6, 6.07) is 8.33. The predicted octanol–water partition coefficient (Wildman–Crippen LogP) is 2.13. The standard InChI is InChI=1S/C22H30N4O4S/c27-22(28)16-29-19-5-7-25(8-6-19)15-20-13-21(24-30-20)18-3-1-17(2-4-18)14-23-26-9-11-31-12-10-26/h1-4,14,19-20H,5-13,15-16H2,(H,27,28)/b23-14+. The van der Waals surface area contributed by atoms with Gasteiger partial charge in [0.15, 0.2) is 0 Å². The normalized spacial score (nSPS) is 23.2. The Bertz CT molecular complexity index is 787. The molecule has 1 unspecified atom stereocenters. The number of ether oxygens (including phenoxy) is 1. The van der Waals surface area contributed by atoms with Crippen molar-refractivity contribution in [1.29, 1.82) is 0 Å². The Labute approximate surface area is 187 Å². The lowest BCUT2D eigenvalue weighted by Crippen LogP contribution is -2.41. The van der Waals surface area contributed by atoms with Gasteiger partial charge in [0.2, 0.25) is 0 Å². The molecule has 8 nitrogen and oxygen atoms in total. The molecule has 2 fully saturated rings. The van der Waals surface area contributed by atoms with Crippen molar-refractivity contribution in [1.82, 2.24) is 9.91 Å². The summed E-state index contributed by atoms with van der Waals surface area (Å²) in [4.78, 5) is 18.7. The van der Waals surface area contributed by atoms with Crippen LogP contribution in [0.1, 0.15) is 30.4 Å². The molecule has 1 atom stereocenters. The molecule has 3 aliphatic rings. The zero-order valence-corrected chi connectivity index (χ0v) is 18.5. The van der Waals surface area contributed by atoms with Crippen LogP contribution in [-0.4, -0.2) is 96.0 Å². The fourth-order valence-corrected chi connectivity index (χ4v) is 4.90. The van der Waals surface area contributed by atoms with Crippen molar-refractivity contribution in [2.75, 3.05) is 50.8 Å². The van der Waals surface area contributed by atoms with E-state index in [0.29, 0.717) is 0 Å². The van der Waals surface area contributed by atoms with E-state index in [1.807, 2.05) is 18.0 Å². The van der Waals surface area contributed by atoms with Crippen molar-refractivity contribution >= 4 is 29.7 Å².